The van der Waals surface area contributed by atoms with Gasteiger partial charge in [-0.1, -0.05) is 18.2 Å². The number of benzene rings is 1. The van der Waals surface area contributed by atoms with Crippen molar-refractivity contribution >= 4 is 28.1 Å². The largest absolute Gasteiger partial charge is 0.341 e. The summed E-state index contributed by atoms with van der Waals surface area (Å²) in [6.45, 7) is 2.67. The summed E-state index contributed by atoms with van der Waals surface area (Å²) < 4.78 is 0. The van der Waals surface area contributed by atoms with Gasteiger partial charge in [0.05, 0.1) is 11.7 Å². The van der Waals surface area contributed by atoms with E-state index in [4.69, 9.17) is 4.98 Å². The van der Waals surface area contributed by atoms with Gasteiger partial charge in [0.25, 0.3) is 0 Å². The van der Waals surface area contributed by atoms with Crippen LogP contribution in [0.25, 0.3) is 0 Å². The lowest BCUT2D eigenvalue weighted by Crippen LogP contribution is -2.42. The Morgan fingerprint density at radius 3 is 2.83 bits per heavy atom. The van der Waals surface area contributed by atoms with Crippen LogP contribution in [0, 0.1) is 0 Å². The fourth-order valence-electron chi connectivity index (χ4n) is 3.48. The number of hydrogen-bond donors (Lipinski definition) is 2. The van der Waals surface area contributed by atoms with E-state index in [2.05, 4.69) is 16.0 Å². The van der Waals surface area contributed by atoms with Gasteiger partial charge < -0.3 is 15.5 Å². The van der Waals surface area contributed by atoms with Crippen molar-refractivity contribution in [3.63, 3.8) is 0 Å². The number of carbonyl (C=O) groups is 1. The summed E-state index contributed by atoms with van der Waals surface area (Å²) in [6.07, 6.45) is 3.13. The molecule has 0 bridgehead atoms. The number of nitrogens with zero attached hydrogens (tertiary/aromatic N) is 2. The summed E-state index contributed by atoms with van der Waals surface area (Å²) in [6, 6.07) is 10.0. The molecule has 24 heavy (non-hydrogen) atoms. The predicted molar refractivity (Wildman–Crippen MR) is 96.8 cm³/mol. The molecule has 2 aromatic rings. The lowest BCUT2D eigenvalue weighted by Gasteiger charge is -2.19. The van der Waals surface area contributed by atoms with E-state index in [1.165, 1.54) is 0 Å². The lowest BCUT2D eigenvalue weighted by molar-refractivity contribution is -0.132. The Bertz CT molecular complexity index is 696. The van der Waals surface area contributed by atoms with Crippen LogP contribution in [0.15, 0.2) is 35.7 Å². The Hall–Kier alpha value is -1.92. The monoisotopic (exact) mass is 342 g/mol. The summed E-state index contributed by atoms with van der Waals surface area (Å²) in [7, 11) is 0. The molecule has 126 valence electrons. The average molecular weight is 342 g/mol. The van der Waals surface area contributed by atoms with Crippen LogP contribution in [0.2, 0.25) is 0 Å². The molecule has 1 aromatic carbocycles. The van der Waals surface area contributed by atoms with Crippen LogP contribution in [-0.2, 0) is 4.79 Å². The van der Waals surface area contributed by atoms with Crippen molar-refractivity contribution in [1.82, 2.24) is 15.2 Å². The zero-order valence-electron chi connectivity index (χ0n) is 13.6. The minimum Gasteiger partial charge on any atom is -0.341 e. The molecule has 2 saturated heterocycles. The summed E-state index contributed by atoms with van der Waals surface area (Å²) in [5.41, 5.74) is 2.13. The molecular weight excluding hydrogens is 320 g/mol. The smallest absolute Gasteiger partial charge is 0.239 e. The van der Waals surface area contributed by atoms with Crippen LogP contribution < -0.4 is 10.6 Å². The number of thiazole rings is 1. The van der Waals surface area contributed by atoms with Crippen LogP contribution in [0.5, 0.6) is 0 Å². The molecule has 0 aliphatic carbocycles. The van der Waals surface area contributed by atoms with Gasteiger partial charge in [0.2, 0.25) is 5.91 Å². The highest BCUT2D eigenvalue weighted by atomic mass is 32.1. The summed E-state index contributed by atoms with van der Waals surface area (Å²) in [5, 5.41) is 9.75. The van der Waals surface area contributed by atoms with Crippen LogP contribution in [0.4, 0.5) is 10.8 Å². The molecule has 4 rings (SSSR count). The molecule has 1 amide bonds. The van der Waals surface area contributed by atoms with E-state index in [1.807, 2.05) is 35.2 Å². The molecule has 6 heteroatoms. The summed E-state index contributed by atoms with van der Waals surface area (Å²) in [5.74, 6) is 0.594. The fraction of sp³-hybridized carbons (Fsp3) is 0.444. The van der Waals surface area contributed by atoms with Crippen LogP contribution in [0.1, 0.15) is 30.9 Å². The van der Waals surface area contributed by atoms with Crippen molar-refractivity contribution < 1.29 is 4.79 Å². The highest BCUT2D eigenvalue weighted by Crippen LogP contribution is 2.30. The molecule has 0 saturated carbocycles. The van der Waals surface area contributed by atoms with Crippen molar-refractivity contribution in [3.8, 4) is 0 Å². The molecule has 2 atom stereocenters. The van der Waals surface area contributed by atoms with Gasteiger partial charge in [-0.25, -0.2) is 4.98 Å². The number of para-hydroxylation sites is 1. The van der Waals surface area contributed by atoms with Gasteiger partial charge in [-0.15, -0.1) is 11.3 Å². The van der Waals surface area contributed by atoms with Crippen molar-refractivity contribution in [1.29, 1.82) is 0 Å². The number of nitrogens with one attached hydrogen (secondary N) is 2. The van der Waals surface area contributed by atoms with Crippen molar-refractivity contribution in [2.24, 2.45) is 0 Å². The number of anilines is 2. The zero-order valence-corrected chi connectivity index (χ0v) is 14.4. The number of likely N-dealkylation sites (tertiary alicyclic amines) is 1. The minimum atomic E-state index is -0.0414. The SMILES string of the molecule is O=C(C1CC(c2csc(Nc3ccccc3)n2)CN1)N1CCCC1. The lowest BCUT2D eigenvalue weighted by atomic mass is 10.0. The zero-order chi connectivity index (χ0) is 16.4. The van der Waals surface area contributed by atoms with Crippen LogP contribution in [-0.4, -0.2) is 41.5 Å². The first-order valence-electron chi connectivity index (χ1n) is 8.59. The molecule has 2 N–H and O–H groups in total. The average Bonchev–Trinajstić information content (AvgIpc) is 3.36. The van der Waals surface area contributed by atoms with Gasteiger partial charge in [-0.2, -0.15) is 0 Å². The highest BCUT2D eigenvalue weighted by molar-refractivity contribution is 7.13. The maximum absolute atomic E-state index is 12.5. The first kappa shape index (κ1) is 15.6. The fourth-order valence-corrected chi connectivity index (χ4v) is 4.30. The third kappa shape index (κ3) is 3.30. The normalized spacial score (nSPS) is 23.6. The molecular formula is C18H22N4OS. The van der Waals surface area contributed by atoms with Gasteiger partial charge in [0, 0.05) is 36.6 Å². The summed E-state index contributed by atoms with van der Waals surface area (Å²) >= 11 is 1.62. The molecule has 2 unspecified atom stereocenters. The van der Waals surface area contributed by atoms with Gasteiger partial charge >= 0.3 is 0 Å². The molecule has 5 nitrogen and oxygen atoms in total. The molecule has 2 aliphatic heterocycles. The predicted octanol–water partition coefficient (Wildman–Crippen LogP) is 2.95. The van der Waals surface area contributed by atoms with E-state index in [0.29, 0.717) is 5.92 Å². The van der Waals surface area contributed by atoms with Crippen LogP contribution in [0.3, 0.4) is 0 Å². The number of rotatable bonds is 4. The van der Waals surface area contributed by atoms with Gasteiger partial charge in [0.15, 0.2) is 5.13 Å². The topological polar surface area (TPSA) is 57.3 Å². The summed E-state index contributed by atoms with van der Waals surface area (Å²) in [4.78, 5) is 19.2. The van der Waals surface area contributed by atoms with Crippen molar-refractivity contribution in [3.05, 3.63) is 41.4 Å². The molecule has 0 spiro atoms. The van der Waals surface area contributed by atoms with Crippen LogP contribution >= 0.6 is 11.3 Å². The second-order valence-electron chi connectivity index (χ2n) is 6.49. The first-order chi connectivity index (χ1) is 11.8. The second-order valence-corrected chi connectivity index (χ2v) is 7.35. The Labute approximate surface area is 146 Å². The Balaban J connectivity index is 1.38. The van der Waals surface area contributed by atoms with Gasteiger partial charge in [-0.05, 0) is 31.4 Å². The maximum Gasteiger partial charge on any atom is 0.239 e. The number of hydrogen-bond acceptors (Lipinski definition) is 5. The first-order valence-corrected chi connectivity index (χ1v) is 9.47. The molecule has 2 fully saturated rings. The van der Waals surface area contributed by atoms with Crippen molar-refractivity contribution in [2.45, 2.75) is 31.2 Å². The van der Waals surface area contributed by atoms with Gasteiger partial charge in [-0.3, -0.25) is 4.79 Å². The Kier molecular flexibility index (Phi) is 4.49. The molecule has 2 aliphatic rings. The third-order valence-corrected chi connectivity index (χ3v) is 5.59. The van der Waals surface area contributed by atoms with Gasteiger partial charge in [0.1, 0.15) is 0 Å². The molecule has 1 aromatic heterocycles. The van der Waals surface area contributed by atoms with E-state index < -0.39 is 0 Å². The quantitative estimate of drug-likeness (QED) is 0.897. The maximum atomic E-state index is 12.5. The molecule has 3 heterocycles. The van der Waals surface area contributed by atoms with E-state index in [-0.39, 0.29) is 11.9 Å². The third-order valence-electron chi connectivity index (χ3n) is 4.81. The highest BCUT2D eigenvalue weighted by Gasteiger charge is 2.34. The van der Waals surface area contributed by atoms with E-state index in [0.717, 1.165) is 55.4 Å². The molecule has 0 radical (unpaired) electrons. The van der Waals surface area contributed by atoms with E-state index >= 15 is 0 Å². The van der Waals surface area contributed by atoms with E-state index in [9.17, 15) is 4.79 Å². The number of aromatic nitrogens is 1. The standard InChI is InChI=1S/C18H22N4OS/c23-17(22-8-4-5-9-22)15-10-13(11-19-15)16-12-24-18(21-16)20-14-6-2-1-3-7-14/h1-3,6-7,12-13,15,19H,4-5,8-11H2,(H,20,21). The Morgan fingerprint density at radius 2 is 2.04 bits per heavy atom. The van der Waals surface area contributed by atoms with E-state index in [1.54, 1.807) is 11.3 Å². The number of amides is 1. The number of carbonyl (C=O) groups excluding carboxylic acids is 1. The van der Waals surface area contributed by atoms with Crippen molar-refractivity contribution in [2.75, 3.05) is 25.0 Å². The Morgan fingerprint density at radius 1 is 1.25 bits per heavy atom. The second kappa shape index (κ2) is 6.91. The minimum absolute atomic E-state index is 0.0414.